The van der Waals surface area contributed by atoms with E-state index in [2.05, 4.69) is 10.2 Å². The summed E-state index contributed by atoms with van der Waals surface area (Å²) in [5.74, 6) is -0.254. The summed E-state index contributed by atoms with van der Waals surface area (Å²) in [4.78, 5) is 14.5. The molecule has 0 bridgehead atoms. The third kappa shape index (κ3) is 2.41. The van der Waals surface area contributed by atoms with Crippen molar-refractivity contribution in [3.05, 3.63) is 38.8 Å². The fourth-order valence-corrected chi connectivity index (χ4v) is 5.00. The highest BCUT2D eigenvalue weighted by atomic mass is 35.5. The van der Waals surface area contributed by atoms with E-state index in [9.17, 15) is 4.79 Å². The van der Waals surface area contributed by atoms with Gasteiger partial charge in [-0.25, -0.2) is 0 Å². The van der Waals surface area contributed by atoms with Gasteiger partial charge < -0.3 is 10.0 Å². The minimum atomic E-state index is -0.466. The number of hydrogen-bond acceptors (Lipinski definition) is 4. The topological polar surface area (TPSA) is 69.2 Å². The van der Waals surface area contributed by atoms with Gasteiger partial charge in [-0.05, 0) is 24.1 Å². The molecule has 0 atom stereocenters. The summed E-state index contributed by atoms with van der Waals surface area (Å²) in [6, 6.07) is 3.76. The van der Waals surface area contributed by atoms with Gasteiger partial charge in [0.2, 0.25) is 5.91 Å². The van der Waals surface area contributed by atoms with Crippen LogP contribution in [0.15, 0.2) is 18.3 Å². The molecule has 1 aliphatic heterocycles. The Kier molecular flexibility index (Phi) is 4.00. The van der Waals surface area contributed by atoms with Gasteiger partial charge in [0.15, 0.2) is 0 Å². The number of amides is 1. The number of aromatic nitrogens is 2. The van der Waals surface area contributed by atoms with Gasteiger partial charge in [-0.1, -0.05) is 23.2 Å². The number of nitrogens with one attached hydrogen (secondary N) is 1. The first-order valence-electron chi connectivity index (χ1n) is 7.40. The minimum absolute atomic E-state index is 0.254. The zero-order valence-electron chi connectivity index (χ0n) is 12.5. The van der Waals surface area contributed by atoms with Crippen molar-refractivity contribution < 1.29 is 9.90 Å². The zero-order valence-corrected chi connectivity index (χ0v) is 14.8. The number of aliphatic hydroxyl groups is 1. The number of nitrogens with zero attached hydrogens (tertiary/aromatic N) is 2. The van der Waals surface area contributed by atoms with Crippen LogP contribution < -0.4 is 0 Å². The molecule has 24 heavy (non-hydrogen) atoms. The summed E-state index contributed by atoms with van der Waals surface area (Å²) >= 11 is 14.3. The third-order valence-electron chi connectivity index (χ3n) is 4.29. The fraction of sp³-hybridized carbons (Fsp3) is 0.250. The molecule has 1 aliphatic rings. The first kappa shape index (κ1) is 15.9. The van der Waals surface area contributed by atoms with Crippen molar-refractivity contribution in [1.29, 1.82) is 0 Å². The van der Waals surface area contributed by atoms with Crippen LogP contribution in [0.3, 0.4) is 0 Å². The number of thiophene rings is 1. The summed E-state index contributed by atoms with van der Waals surface area (Å²) in [7, 11) is 0. The molecule has 8 heteroatoms. The second-order valence-electron chi connectivity index (χ2n) is 5.62. The lowest BCUT2D eigenvalue weighted by atomic mass is 9.98. The lowest BCUT2D eigenvalue weighted by molar-refractivity contribution is -0.135. The summed E-state index contributed by atoms with van der Waals surface area (Å²) in [6.45, 7) is 0.609. The highest BCUT2D eigenvalue weighted by molar-refractivity contribution is 7.20. The molecule has 0 saturated heterocycles. The minimum Gasteiger partial charge on any atom is -0.387 e. The Balaban J connectivity index is 1.93. The quantitative estimate of drug-likeness (QED) is 0.713. The normalized spacial score (nSPS) is 14.2. The van der Waals surface area contributed by atoms with Crippen LogP contribution in [0.2, 0.25) is 10.0 Å². The number of aromatic amines is 1. The van der Waals surface area contributed by atoms with Crippen LogP contribution in [-0.2, 0) is 17.8 Å². The van der Waals surface area contributed by atoms with E-state index in [-0.39, 0.29) is 5.91 Å². The Morgan fingerprint density at radius 1 is 1.46 bits per heavy atom. The number of aliphatic hydroxyl groups excluding tert-OH is 1. The average molecular weight is 382 g/mol. The molecule has 0 spiro atoms. The second-order valence-corrected chi connectivity index (χ2v) is 7.51. The van der Waals surface area contributed by atoms with Crippen LogP contribution in [0.1, 0.15) is 10.4 Å². The van der Waals surface area contributed by atoms with Crippen molar-refractivity contribution in [2.45, 2.75) is 13.0 Å². The standard InChI is InChI=1S/C16H13Cl2N3O2S/c17-10-5-9(11-1-3-19-20-11)14-8-2-4-21(13(23)7-22)6-12(8)24-16(14)15(10)18/h1,3,5,22H,2,4,6-7H2,(H,19,20). The van der Waals surface area contributed by atoms with Gasteiger partial charge in [0, 0.05) is 28.6 Å². The van der Waals surface area contributed by atoms with Crippen molar-refractivity contribution in [1.82, 2.24) is 15.1 Å². The number of H-pyrrole nitrogens is 1. The van der Waals surface area contributed by atoms with Gasteiger partial charge in [-0.15, -0.1) is 11.3 Å². The van der Waals surface area contributed by atoms with Crippen molar-refractivity contribution >= 4 is 50.5 Å². The van der Waals surface area contributed by atoms with E-state index in [1.807, 2.05) is 12.1 Å². The molecule has 2 aromatic heterocycles. The molecule has 3 heterocycles. The van der Waals surface area contributed by atoms with Gasteiger partial charge in [0.25, 0.3) is 0 Å². The Hall–Kier alpha value is -1.60. The Morgan fingerprint density at radius 2 is 2.29 bits per heavy atom. The smallest absolute Gasteiger partial charge is 0.248 e. The number of carbonyl (C=O) groups is 1. The van der Waals surface area contributed by atoms with Crippen LogP contribution in [0.25, 0.3) is 21.3 Å². The molecule has 0 saturated carbocycles. The average Bonchev–Trinajstić information content (AvgIpc) is 3.24. The second kappa shape index (κ2) is 6.04. The van der Waals surface area contributed by atoms with Gasteiger partial charge in [-0.2, -0.15) is 5.10 Å². The van der Waals surface area contributed by atoms with Crippen molar-refractivity contribution in [3.8, 4) is 11.3 Å². The van der Waals surface area contributed by atoms with Crippen LogP contribution in [0.4, 0.5) is 0 Å². The molecule has 5 nitrogen and oxygen atoms in total. The number of benzene rings is 1. The lowest BCUT2D eigenvalue weighted by Crippen LogP contribution is -2.37. The zero-order chi connectivity index (χ0) is 16.8. The molecule has 0 aliphatic carbocycles. The maximum Gasteiger partial charge on any atom is 0.248 e. The fourth-order valence-electron chi connectivity index (χ4n) is 3.14. The number of rotatable bonds is 2. The molecule has 2 N–H and O–H groups in total. The van der Waals surface area contributed by atoms with E-state index < -0.39 is 6.61 Å². The van der Waals surface area contributed by atoms with E-state index >= 15 is 0 Å². The molecule has 124 valence electrons. The maximum atomic E-state index is 11.8. The summed E-state index contributed by atoms with van der Waals surface area (Å²) in [5, 5.41) is 18.2. The molecular formula is C16H13Cl2N3O2S. The Labute approximate surface area is 151 Å². The van der Waals surface area contributed by atoms with Crippen LogP contribution in [0.5, 0.6) is 0 Å². The molecule has 0 fully saturated rings. The van der Waals surface area contributed by atoms with Crippen LogP contribution in [-0.4, -0.2) is 39.3 Å². The molecular weight excluding hydrogens is 369 g/mol. The van der Waals surface area contributed by atoms with E-state index in [4.69, 9.17) is 28.3 Å². The Morgan fingerprint density at radius 3 is 3.00 bits per heavy atom. The van der Waals surface area contributed by atoms with Gasteiger partial charge >= 0.3 is 0 Å². The van der Waals surface area contributed by atoms with E-state index in [1.54, 1.807) is 22.4 Å². The highest BCUT2D eigenvalue weighted by Gasteiger charge is 2.27. The van der Waals surface area contributed by atoms with Crippen molar-refractivity contribution in [2.75, 3.05) is 13.2 Å². The molecule has 1 aromatic carbocycles. The van der Waals surface area contributed by atoms with Crippen molar-refractivity contribution in [2.24, 2.45) is 0 Å². The molecule has 0 unspecified atom stereocenters. The Bertz CT molecular complexity index is 937. The first-order valence-corrected chi connectivity index (χ1v) is 8.98. The number of halogens is 2. The maximum absolute atomic E-state index is 11.8. The van der Waals surface area contributed by atoms with E-state index in [1.165, 1.54) is 5.56 Å². The highest BCUT2D eigenvalue weighted by Crippen LogP contribution is 2.46. The number of fused-ring (bicyclic) bond motifs is 3. The first-order chi connectivity index (χ1) is 11.6. The van der Waals surface area contributed by atoms with E-state index in [0.717, 1.165) is 32.6 Å². The monoisotopic (exact) mass is 381 g/mol. The molecule has 3 aromatic rings. The van der Waals surface area contributed by atoms with E-state index in [0.29, 0.717) is 23.1 Å². The SMILES string of the molecule is O=C(CO)N1CCc2c(sc3c(Cl)c(Cl)cc(-c4ccn[nH]4)c23)C1. The van der Waals surface area contributed by atoms with Gasteiger partial charge in [0.05, 0.1) is 27.0 Å². The lowest BCUT2D eigenvalue weighted by Gasteiger charge is -2.26. The predicted molar refractivity (Wildman–Crippen MR) is 95.6 cm³/mol. The largest absolute Gasteiger partial charge is 0.387 e. The van der Waals surface area contributed by atoms with Crippen molar-refractivity contribution in [3.63, 3.8) is 0 Å². The molecule has 1 amide bonds. The molecule has 4 rings (SSSR count). The molecule has 0 radical (unpaired) electrons. The third-order valence-corrected chi connectivity index (χ3v) is 6.42. The summed E-state index contributed by atoms with van der Waals surface area (Å²) < 4.78 is 0.928. The van der Waals surface area contributed by atoms with Gasteiger partial charge in [0.1, 0.15) is 6.61 Å². The summed E-state index contributed by atoms with van der Waals surface area (Å²) in [6.07, 6.45) is 2.42. The summed E-state index contributed by atoms with van der Waals surface area (Å²) in [5.41, 5.74) is 3.05. The number of hydrogen-bond donors (Lipinski definition) is 2. The van der Waals surface area contributed by atoms with Crippen LogP contribution in [0, 0.1) is 0 Å². The predicted octanol–water partition coefficient (Wildman–Crippen LogP) is 3.48. The van der Waals surface area contributed by atoms with Crippen LogP contribution >= 0.6 is 34.5 Å². The van der Waals surface area contributed by atoms with Gasteiger partial charge in [-0.3, -0.25) is 9.89 Å². The number of carbonyl (C=O) groups excluding carboxylic acids is 1.